The Morgan fingerprint density at radius 3 is 2.83 bits per heavy atom. The van der Waals surface area contributed by atoms with E-state index in [-0.39, 0.29) is 23.4 Å². The van der Waals surface area contributed by atoms with Gasteiger partial charge in [-0.2, -0.15) is 0 Å². The van der Waals surface area contributed by atoms with Crippen molar-refractivity contribution in [1.29, 1.82) is 0 Å². The van der Waals surface area contributed by atoms with E-state index in [1.807, 2.05) is 0 Å². The molecule has 122 valence electrons. The molecule has 0 radical (unpaired) electrons. The van der Waals surface area contributed by atoms with Crippen molar-refractivity contribution < 1.29 is 18.7 Å². The SMILES string of the molecule is Cc1ncc(CO)c2cc(C(=O)Nc3ccccc3F)c(=O)oc12. The number of anilines is 1. The second-order valence-corrected chi connectivity index (χ2v) is 5.15. The molecule has 1 amide bonds. The summed E-state index contributed by atoms with van der Waals surface area (Å²) in [5.41, 5.74) is -0.119. The number of fused-ring (bicyclic) bond motifs is 1. The summed E-state index contributed by atoms with van der Waals surface area (Å²) in [5.74, 6) is -1.42. The van der Waals surface area contributed by atoms with Gasteiger partial charge in [-0.25, -0.2) is 9.18 Å². The molecule has 24 heavy (non-hydrogen) atoms. The third kappa shape index (κ3) is 2.77. The number of carbonyl (C=O) groups is 1. The summed E-state index contributed by atoms with van der Waals surface area (Å²) in [5, 5.41) is 12.1. The molecule has 2 aromatic heterocycles. The Kier molecular flexibility index (Phi) is 4.09. The van der Waals surface area contributed by atoms with E-state index in [0.29, 0.717) is 16.6 Å². The molecule has 0 bridgehead atoms. The lowest BCUT2D eigenvalue weighted by molar-refractivity contribution is 0.102. The molecule has 0 unspecified atom stereocenters. The first-order chi connectivity index (χ1) is 11.5. The van der Waals surface area contributed by atoms with Crippen LogP contribution in [0, 0.1) is 12.7 Å². The van der Waals surface area contributed by atoms with Gasteiger partial charge in [-0.1, -0.05) is 12.1 Å². The van der Waals surface area contributed by atoms with Gasteiger partial charge in [-0.15, -0.1) is 0 Å². The molecule has 0 aliphatic rings. The molecule has 0 saturated carbocycles. The lowest BCUT2D eigenvalue weighted by Gasteiger charge is -2.08. The highest BCUT2D eigenvalue weighted by molar-refractivity contribution is 6.05. The van der Waals surface area contributed by atoms with Crippen molar-refractivity contribution in [3.63, 3.8) is 0 Å². The van der Waals surface area contributed by atoms with Crippen molar-refractivity contribution in [1.82, 2.24) is 4.98 Å². The number of aliphatic hydroxyl groups is 1. The van der Waals surface area contributed by atoms with Crippen LogP contribution in [-0.4, -0.2) is 16.0 Å². The fraction of sp³-hybridized carbons (Fsp3) is 0.118. The molecule has 2 N–H and O–H groups in total. The quantitative estimate of drug-likeness (QED) is 0.770. The molecule has 0 spiro atoms. The van der Waals surface area contributed by atoms with Crippen LogP contribution in [0.2, 0.25) is 0 Å². The Labute approximate surface area is 135 Å². The molecule has 0 saturated heterocycles. The van der Waals surface area contributed by atoms with Crippen LogP contribution < -0.4 is 10.9 Å². The number of aryl methyl sites for hydroxylation is 1. The number of hydrogen-bond donors (Lipinski definition) is 2. The van der Waals surface area contributed by atoms with Gasteiger partial charge in [0.1, 0.15) is 11.4 Å². The van der Waals surface area contributed by atoms with Crippen LogP contribution in [0.15, 0.2) is 45.7 Å². The number of carbonyl (C=O) groups excluding carboxylic acids is 1. The predicted molar refractivity (Wildman–Crippen MR) is 85.3 cm³/mol. The molecule has 0 atom stereocenters. The summed E-state index contributed by atoms with van der Waals surface area (Å²) in [6.07, 6.45) is 1.44. The smallest absolute Gasteiger partial charge is 0.349 e. The summed E-state index contributed by atoms with van der Waals surface area (Å²) >= 11 is 0. The van der Waals surface area contributed by atoms with Gasteiger partial charge < -0.3 is 14.8 Å². The molecule has 0 aliphatic carbocycles. The fourth-order valence-corrected chi connectivity index (χ4v) is 2.32. The van der Waals surface area contributed by atoms with Gasteiger partial charge in [0.25, 0.3) is 5.91 Å². The van der Waals surface area contributed by atoms with Gasteiger partial charge in [-0.3, -0.25) is 9.78 Å². The van der Waals surface area contributed by atoms with Crippen molar-refractivity contribution >= 4 is 22.6 Å². The molecule has 7 heteroatoms. The zero-order valence-corrected chi connectivity index (χ0v) is 12.7. The fourth-order valence-electron chi connectivity index (χ4n) is 2.32. The summed E-state index contributed by atoms with van der Waals surface area (Å²) < 4.78 is 18.8. The van der Waals surface area contributed by atoms with Crippen LogP contribution in [0.4, 0.5) is 10.1 Å². The normalized spacial score (nSPS) is 10.8. The summed E-state index contributed by atoms with van der Waals surface area (Å²) in [7, 11) is 0. The van der Waals surface area contributed by atoms with Gasteiger partial charge in [0.2, 0.25) is 0 Å². The highest BCUT2D eigenvalue weighted by Gasteiger charge is 2.17. The average Bonchev–Trinajstić information content (AvgIpc) is 2.57. The summed E-state index contributed by atoms with van der Waals surface area (Å²) in [6, 6.07) is 6.93. The number of benzene rings is 1. The summed E-state index contributed by atoms with van der Waals surface area (Å²) in [6.45, 7) is 1.32. The van der Waals surface area contributed by atoms with Gasteiger partial charge in [0.15, 0.2) is 5.58 Å². The molecule has 3 rings (SSSR count). The van der Waals surface area contributed by atoms with E-state index >= 15 is 0 Å². The van der Waals surface area contributed by atoms with E-state index in [4.69, 9.17) is 4.42 Å². The Balaban J connectivity index is 2.09. The number of hydrogen-bond acceptors (Lipinski definition) is 5. The van der Waals surface area contributed by atoms with Crippen LogP contribution >= 0.6 is 0 Å². The van der Waals surface area contributed by atoms with E-state index in [9.17, 15) is 19.1 Å². The Hall–Kier alpha value is -3.06. The lowest BCUT2D eigenvalue weighted by atomic mass is 10.1. The number of nitrogens with zero attached hydrogens (tertiary/aromatic N) is 1. The number of aliphatic hydroxyl groups excluding tert-OH is 1. The Morgan fingerprint density at radius 2 is 2.12 bits per heavy atom. The number of aromatic nitrogens is 1. The standard InChI is InChI=1S/C17H13FN2O4/c1-9-15-11(10(8-21)7-19-9)6-12(17(23)24-15)16(22)20-14-5-3-2-4-13(14)18/h2-7,21H,8H2,1H3,(H,20,22). The predicted octanol–water partition coefficient (Wildman–Crippen LogP) is 2.38. The van der Waals surface area contributed by atoms with E-state index in [1.165, 1.54) is 30.5 Å². The molecule has 0 aliphatic heterocycles. The summed E-state index contributed by atoms with van der Waals surface area (Å²) in [4.78, 5) is 28.4. The van der Waals surface area contributed by atoms with E-state index in [1.54, 1.807) is 13.0 Å². The minimum absolute atomic E-state index is 0.0460. The number of nitrogens with one attached hydrogen (secondary N) is 1. The van der Waals surface area contributed by atoms with Crippen LogP contribution in [0.25, 0.3) is 11.0 Å². The Bertz CT molecular complexity index is 998. The molecular weight excluding hydrogens is 315 g/mol. The number of amides is 1. The molecule has 0 fully saturated rings. The largest absolute Gasteiger partial charge is 0.420 e. The minimum atomic E-state index is -0.865. The number of halogens is 1. The number of para-hydroxylation sites is 1. The molecule has 6 nitrogen and oxygen atoms in total. The van der Waals surface area contributed by atoms with Crippen molar-refractivity contribution in [2.75, 3.05) is 5.32 Å². The maximum atomic E-state index is 13.6. The molecule has 3 aromatic rings. The first-order valence-corrected chi connectivity index (χ1v) is 7.10. The van der Waals surface area contributed by atoms with Crippen molar-refractivity contribution in [3.8, 4) is 0 Å². The van der Waals surface area contributed by atoms with Gasteiger partial charge >= 0.3 is 5.63 Å². The average molecular weight is 328 g/mol. The number of rotatable bonds is 3. The third-order valence-electron chi connectivity index (χ3n) is 3.57. The zero-order valence-electron chi connectivity index (χ0n) is 12.7. The molecule has 1 aromatic carbocycles. The van der Waals surface area contributed by atoms with Crippen molar-refractivity contribution in [3.05, 3.63) is 69.6 Å². The van der Waals surface area contributed by atoms with Gasteiger partial charge in [0, 0.05) is 17.1 Å². The maximum Gasteiger partial charge on any atom is 0.349 e. The molecular formula is C17H13FN2O4. The first kappa shape index (κ1) is 15.8. The monoisotopic (exact) mass is 328 g/mol. The second-order valence-electron chi connectivity index (χ2n) is 5.15. The molecule has 2 heterocycles. The van der Waals surface area contributed by atoms with Crippen molar-refractivity contribution in [2.24, 2.45) is 0 Å². The second kappa shape index (κ2) is 6.21. The van der Waals surface area contributed by atoms with E-state index in [0.717, 1.165) is 0 Å². The van der Waals surface area contributed by atoms with Crippen LogP contribution in [-0.2, 0) is 6.61 Å². The highest BCUT2D eigenvalue weighted by atomic mass is 19.1. The lowest BCUT2D eigenvalue weighted by Crippen LogP contribution is -2.21. The minimum Gasteiger partial charge on any atom is -0.420 e. The maximum absolute atomic E-state index is 13.6. The van der Waals surface area contributed by atoms with E-state index in [2.05, 4.69) is 10.3 Å². The Morgan fingerprint density at radius 1 is 1.38 bits per heavy atom. The van der Waals surface area contributed by atoms with E-state index < -0.39 is 17.3 Å². The van der Waals surface area contributed by atoms with Crippen molar-refractivity contribution in [2.45, 2.75) is 13.5 Å². The van der Waals surface area contributed by atoms with Crippen LogP contribution in [0.5, 0.6) is 0 Å². The van der Waals surface area contributed by atoms with Gasteiger partial charge in [-0.05, 0) is 25.1 Å². The highest BCUT2D eigenvalue weighted by Crippen LogP contribution is 2.21. The third-order valence-corrected chi connectivity index (χ3v) is 3.57. The zero-order chi connectivity index (χ0) is 17.3. The first-order valence-electron chi connectivity index (χ1n) is 7.10. The topological polar surface area (TPSA) is 92.4 Å². The van der Waals surface area contributed by atoms with Crippen LogP contribution in [0.1, 0.15) is 21.6 Å². The number of pyridine rings is 1. The van der Waals surface area contributed by atoms with Crippen LogP contribution in [0.3, 0.4) is 0 Å². The van der Waals surface area contributed by atoms with Gasteiger partial charge in [0.05, 0.1) is 18.0 Å².